The molecule has 0 radical (unpaired) electrons. The predicted octanol–water partition coefficient (Wildman–Crippen LogP) is 6.23. The molecule has 1 aromatic heterocycles. The highest BCUT2D eigenvalue weighted by Crippen LogP contribution is 2.43. The summed E-state index contributed by atoms with van der Waals surface area (Å²) in [5.41, 5.74) is 9.26. The maximum Gasteiger partial charge on any atom is 0.251 e. The molecule has 0 bridgehead atoms. The number of carbonyl (C=O) groups excluding carboxylic acids is 1. The number of rotatable bonds is 11. The molecule has 0 fully saturated rings. The van der Waals surface area contributed by atoms with Crippen LogP contribution in [0.2, 0.25) is 0 Å². The summed E-state index contributed by atoms with van der Waals surface area (Å²) in [6.07, 6.45) is 9.22. The van der Waals surface area contributed by atoms with Crippen molar-refractivity contribution >= 4 is 41.6 Å². The van der Waals surface area contributed by atoms with Crippen LogP contribution < -0.4 is 10.1 Å². The Kier molecular flexibility index (Phi) is 10.7. The maximum atomic E-state index is 12.6. The Balaban J connectivity index is 1.44. The number of methoxy groups -OCH3 is 2. The van der Waals surface area contributed by atoms with Crippen molar-refractivity contribution in [3.8, 4) is 17.0 Å². The van der Waals surface area contributed by atoms with Gasteiger partial charge in [-0.15, -0.1) is 0 Å². The van der Waals surface area contributed by atoms with E-state index in [1.165, 1.54) is 22.9 Å². The molecular weight excluding hydrogens is 578 g/mol. The number of fused-ring (bicyclic) bond motifs is 2. The Labute approximate surface area is 270 Å². The van der Waals surface area contributed by atoms with Gasteiger partial charge in [-0.3, -0.25) is 14.5 Å². The number of amidine groups is 1. The fourth-order valence-corrected chi connectivity index (χ4v) is 6.23. The van der Waals surface area contributed by atoms with Gasteiger partial charge in [-0.2, -0.15) is 5.10 Å². The summed E-state index contributed by atoms with van der Waals surface area (Å²) in [4.78, 5) is 26.5. The standard InChI is InChI=1S/C36H43N7O3/c1-23-7-16-32(41-29-14-12-26(19-31(29)46-5)36(44)39-17-6-18-45-4)40-22-27-13-15-30-34(33(23)27)35(43(3)42-30)25-10-8-24(9-11-25)28(20-37)21-38-2/h8-12,14,19-23,28,37H,6-7,13,15-18H2,1-5H3,(H,39,44). The number of ether oxygens (including phenoxy) is 2. The SMILES string of the molecule is CN=CC(C=N)c1ccc(-c2c3c(nn2C)CCC2=C3C(C)CCC(=Nc3ccc(C(=O)NCCCOC)cc3OC)N=C2)cc1. The van der Waals surface area contributed by atoms with Gasteiger partial charge in [0.05, 0.1) is 24.4 Å². The topological polar surface area (TPSA) is 126 Å². The fraction of sp³-hybridized carbons (Fsp3) is 0.389. The van der Waals surface area contributed by atoms with E-state index in [0.29, 0.717) is 36.6 Å². The maximum absolute atomic E-state index is 12.6. The Morgan fingerprint density at radius 3 is 2.70 bits per heavy atom. The molecule has 0 saturated carbocycles. The van der Waals surface area contributed by atoms with Gasteiger partial charge in [0.15, 0.2) is 0 Å². The highest BCUT2D eigenvalue weighted by molar-refractivity contribution is 6.03. The highest BCUT2D eigenvalue weighted by Gasteiger charge is 2.30. The minimum atomic E-state index is -0.158. The fourth-order valence-electron chi connectivity index (χ4n) is 6.23. The number of carbonyl (C=O) groups is 1. The summed E-state index contributed by atoms with van der Waals surface area (Å²) in [5, 5.41) is 15.7. The lowest BCUT2D eigenvalue weighted by Crippen LogP contribution is -2.25. The summed E-state index contributed by atoms with van der Waals surface area (Å²) in [5.74, 6) is 1.24. The smallest absolute Gasteiger partial charge is 0.251 e. The van der Waals surface area contributed by atoms with Gasteiger partial charge < -0.3 is 20.2 Å². The summed E-state index contributed by atoms with van der Waals surface area (Å²) in [7, 11) is 6.98. The third-order valence-electron chi connectivity index (χ3n) is 8.59. The largest absolute Gasteiger partial charge is 0.494 e. The molecule has 1 aliphatic heterocycles. The number of allylic oxidation sites excluding steroid dienone is 2. The lowest BCUT2D eigenvalue weighted by molar-refractivity contribution is 0.0948. The first kappa shape index (κ1) is 32.7. The molecule has 10 heteroatoms. The van der Waals surface area contributed by atoms with E-state index < -0.39 is 0 Å². The molecule has 2 atom stereocenters. The molecule has 240 valence electrons. The zero-order valence-corrected chi connectivity index (χ0v) is 27.3. The molecule has 46 heavy (non-hydrogen) atoms. The van der Waals surface area contributed by atoms with Crippen LogP contribution in [0.1, 0.15) is 65.7 Å². The molecule has 3 aromatic rings. The number of aliphatic imine (C=N–C) groups is 3. The van der Waals surface area contributed by atoms with E-state index in [4.69, 9.17) is 30.0 Å². The Hall–Kier alpha value is -4.70. The molecule has 10 nitrogen and oxygen atoms in total. The number of hydrogen-bond acceptors (Lipinski definition) is 7. The van der Waals surface area contributed by atoms with Crippen LogP contribution >= 0.6 is 0 Å². The van der Waals surface area contributed by atoms with Gasteiger partial charge in [0.1, 0.15) is 17.3 Å². The van der Waals surface area contributed by atoms with Crippen molar-refractivity contribution in [1.82, 2.24) is 15.1 Å². The third kappa shape index (κ3) is 7.07. The van der Waals surface area contributed by atoms with Gasteiger partial charge in [-0.05, 0) is 66.5 Å². The van der Waals surface area contributed by atoms with Gasteiger partial charge >= 0.3 is 0 Å². The lowest BCUT2D eigenvalue weighted by Gasteiger charge is -2.26. The molecule has 1 amide bonds. The number of aromatic nitrogens is 2. The molecule has 1 aliphatic carbocycles. The molecule has 2 N–H and O–H groups in total. The summed E-state index contributed by atoms with van der Waals surface area (Å²) >= 11 is 0. The van der Waals surface area contributed by atoms with Crippen molar-refractivity contribution in [3.05, 3.63) is 70.4 Å². The van der Waals surface area contributed by atoms with Crippen LogP contribution in [0.25, 0.3) is 16.8 Å². The van der Waals surface area contributed by atoms with Crippen molar-refractivity contribution in [2.45, 2.75) is 44.9 Å². The summed E-state index contributed by atoms with van der Waals surface area (Å²) in [6, 6.07) is 13.7. The van der Waals surface area contributed by atoms with Gasteiger partial charge in [-0.1, -0.05) is 31.2 Å². The zero-order valence-electron chi connectivity index (χ0n) is 27.3. The highest BCUT2D eigenvalue weighted by atomic mass is 16.5. The third-order valence-corrected chi connectivity index (χ3v) is 8.59. The van der Waals surface area contributed by atoms with E-state index >= 15 is 0 Å². The zero-order chi connectivity index (χ0) is 32.6. The van der Waals surface area contributed by atoms with E-state index in [9.17, 15) is 4.79 Å². The minimum Gasteiger partial charge on any atom is -0.494 e. The van der Waals surface area contributed by atoms with Crippen LogP contribution in [0.5, 0.6) is 5.75 Å². The van der Waals surface area contributed by atoms with E-state index in [1.807, 2.05) is 24.0 Å². The first-order valence-electron chi connectivity index (χ1n) is 15.8. The Morgan fingerprint density at radius 1 is 1.17 bits per heavy atom. The first-order chi connectivity index (χ1) is 22.4. The molecule has 2 unspecified atom stereocenters. The number of nitrogens with one attached hydrogen (secondary N) is 2. The van der Waals surface area contributed by atoms with Crippen LogP contribution in [0, 0.1) is 11.3 Å². The van der Waals surface area contributed by atoms with Crippen LogP contribution in [-0.4, -0.2) is 74.6 Å². The quantitative estimate of drug-likeness (QED) is 0.195. The van der Waals surface area contributed by atoms with E-state index in [-0.39, 0.29) is 17.7 Å². The van der Waals surface area contributed by atoms with Crippen LogP contribution in [0.15, 0.2) is 63.0 Å². The van der Waals surface area contributed by atoms with E-state index in [0.717, 1.165) is 54.0 Å². The second-order valence-electron chi connectivity index (χ2n) is 11.7. The molecule has 5 rings (SSSR count). The van der Waals surface area contributed by atoms with E-state index in [2.05, 4.69) is 41.5 Å². The number of hydrogen-bond donors (Lipinski definition) is 2. The van der Waals surface area contributed by atoms with Crippen molar-refractivity contribution in [2.75, 3.05) is 34.4 Å². The van der Waals surface area contributed by atoms with Gasteiger partial charge in [-0.25, -0.2) is 9.98 Å². The predicted molar refractivity (Wildman–Crippen MR) is 186 cm³/mol. The molecule has 0 spiro atoms. The minimum absolute atomic E-state index is 0.139. The molecule has 2 aliphatic rings. The van der Waals surface area contributed by atoms with Crippen molar-refractivity contribution in [2.24, 2.45) is 27.9 Å². The van der Waals surface area contributed by atoms with E-state index in [1.54, 1.807) is 39.6 Å². The van der Waals surface area contributed by atoms with Crippen molar-refractivity contribution < 1.29 is 14.3 Å². The summed E-state index contributed by atoms with van der Waals surface area (Å²) < 4.78 is 12.7. The molecule has 2 heterocycles. The van der Waals surface area contributed by atoms with Crippen molar-refractivity contribution in [3.63, 3.8) is 0 Å². The van der Waals surface area contributed by atoms with Crippen molar-refractivity contribution in [1.29, 1.82) is 5.41 Å². The Bertz CT molecular complexity index is 1700. The monoisotopic (exact) mass is 621 g/mol. The van der Waals surface area contributed by atoms with Crippen LogP contribution in [0.3, 0.4) is 0 Å². The lowest BCUT2D eigenvalue weighted by atomic mass is 9.79. The number of aryl methyl sites for hydroxylation is 2. The van der Waals surface area contributed by atoms with Crippen LogP contribution in [-0.2, 0) is 18.2 Å². The molecule has 0 saturated heterocycles. The second-order valence-corrected chi connectivity index (χ2v) is 11.7. The van der Waals surface area contributed by atoms with Gasteiger partial charge in [0, 0.05) is 76.1 Å². The average molecular weight is 622 g/mol. The Morgan fingerprint density at radius 2 is 1.98 bits per heavy atom. The molecule has 2 aromatic carbocycles. The number of nitrogens with zero attached hydrogens (tertiary/aromatic N) is 5. The normalized spacial score (nSPS) is 17.8. The van der Waals surface area contributed by atoms with Gasteiger partial charge in [0.2, 0.25) is 0 Å². The average Bonchev–Trinajstić information content (AvgIpc) is 3.41. The number of benzene rings is 2. The first-order valence-corrected chi connectivity index (χ1v) is 15.8. The molecular formula is C36H43N7O3. The second kappa shape index (κ2) is 15.1. The van der Waals surface area contributed by atoms with Crippen LogP contribution in [0.4, 0.5) is 5.69 Å². The number of amides is 1. The summed E-state index contributed by atoms with van der Waals surface area (Å²) in [6.45, 7) is 3.41. The van der Waals surface area contributed by atoms with Gasteiger partial charge in [0.25, 0.3) is 5.91 Å².